The zero-order chi connectivity index (χ0) is 19.3. The van der Waals surface area contributed by atoms with E-state index >= 15 is 0 Å². The normalized spacial score (nSPS) is 14.1. The van der Waals surface area contributed by atoms with Gasteiger partial charge >= 0.3 is 0 Å². The first-order valence-electron chi connectivity index (χ1n) is 9.25. The van der Waals surface area contributed by atoms with Crippen molar-refractivity contribution in [1.29, 1.82) is 0 Å². The summed E-state index contributed by atoms with van der Waals surface area (Å²) in [7, 11) is 1.65. The number of hydrogen-bond acceptors (Lipinski definition) is 8. The molecular weight excluding hydrogens is 354 g/mol. The topological polar surface area (TPSA) is 79.3 Å². The van der Waals surface area contributed by atoms with Crippen LogP contribution < -0.4 is 19.9 Å². The van der Waals surface area contributed by atoms with Crippen LogP contribution in [0.3, 0.4) is 0 Å². The van der Waals surface area contributed by atoms with Crippen molar-refractivity contribution in [3.05, 3.63) is 54.5 Å². The minimum absolute atomic E-state index is 0.592. The molecule has 0 radical (unpaired) electrons. The number of methoxy groups -OCH3 is 1. The largest absolute Gasteiger partial charge is 0.497 e. The molecule has 2 aromatic heterocycles. The molecule has 28 heavy (non-hydrogen) atoms. The van der Waals surface area contributed by atoms with E-state index in [4.69, 9.17) is 9.72 Å². The van der Waals surface area contributed by atoms with Gasteiger partial charge in [0.1, 0.15) is 11.6 Å². The summed E-state index contributed by atoms with van der Waals surface area (Å²) in [5.41, 5.74) is 1.85. The minimum atomic E-state index is 0.592. The molecule has 1 N–H and O–H groups in total. The molecule has 8 nitrogen and oxygen atoms in total. The van der Waals surface area contributed by atoms with E-state index in [0.29, 0.717) is 5.95 Å². The molecule has 3 heterocycles. The van der Waals surface area contributed by atoms with Crippen molar-refractivity contribution in [2.24, 2.45) is 0 Å². The molecule has 0 aliphatic carbocycles. The fourth-order valence-corrected chi connectivity index (χ4v) is 3.16. The number of aryl methyl sites for hydroxylation is 1. The molecule has 0 amide bonds. The van der Waals surface area contributed by atoms with Gasteiger partial charge in [-0.1, -0.05) is 0 Å². The van der Waals surface area contributed by atoms with Gasteiger partial charge in [0, 0.05) is 56.0 Å². The molecule has 0 unspecified atom stereocenters. The average Bonchev–Trinajstić information content (AvgIpc) is 2.75. The van der Waals surface area contributed by atoms with Gasteiger partial charge in [0.05, 0.1) is 7.11 Å². The van der Waals surface area contributed by atoms with Crippen LogP contribution in [0.2, 0.25) is 0 Å². The second-order valence-electron chi connectivity index (χ2n) is 6.57. The number of nitrogens with zero attached hydrogens (tertiary/aromatic N) is 6. The number of ether oxygens (including phenoxy) is 1. The van der Waals surface area contributed by atoms with E-state index in [-0.39, 0.29) is 0 Å². The fraction of sp³-hybridized carbons (Fsp3) is 0.300. The predicted octanol–water partition coefficient (Wildman–Crippen LogP) is 2.65. The number of hydrogen-bond donors (Lipinski definition) is 1. The second-order valence-corrected chi connectivity index (χ2v) is 6.57. The maximum absolute atomic E-state index is 5.20. The fourth-order valence-electron chi connectivity index (χ4n) is 3.16. The number of rotatable bonds is 5. The molecule has 3 aromatic rings. The van der Waals surface area contributed by atoms with E-state index < -0.39 is 0 Å². The van der Waals surface area contributed by atoms with Crippen molar-refractivity contribution in [3.63, 3.8) is 0 Å². The molecule has 0 spiro atoms. The molecule has 1 aliphatic heterocycles. The number of nitrogens with one attached hydrogen (secondary N) is 1. The standard InChI is InChI=1S/C20H23N7O/c1-15-14-18(25-19(23-15)24-16-4-6-17(28-2)7-5-16)26-10-12-27(13-11-26)20-21-8-3-9-22-20/h3-9,14H,10-13H2,1-2H3,(H,23,24,25). The van der Waals surface area contributed by atoms with Crippen LogP contribution in [-0.4, -0.2) is 53.2 Å². The van der Waals surface area contributed by atoms with Crippen LogP contribution in [0.5, 0.6) is 5.75 Å². The van der Waals surface area contributed by atoms with Crippen molar-refractivity contribution in [2.45, 2.75) is 6.92 Å². The van der Waals surface area contributed by atoms with E-state index in [9.17, 15) is 0 Å². The van der Waals surface area contributed by atoms with Crippen LogP contribution in [0.4, 0.5) is 23.4 Å². The van der Waals surface area contributed by atoms with Crippen LogP contribution in [0, 0.1) is 6.92 Å². The molecule has 1 saturated heterocycles. The molecule has 0 saturated carbocycles. The molecular formula is C20H23N7O. The summed E-state index contributed by atoms with van der Waals surface area (Å²) in [6.07, 6.45) is 3.55. The Morgan fingerprint density at radius 2 is 1.61 bits per heavy atom. The van der Waals surface area contributed by atoms with Crippen molar-refractivity contribution < 1.29 is 4.74 Å². The van der Waals surface area contributed by atoms with Crippen LogP contribution in [0.1, 0.15) is 5.69 Å². The third-order valence-electron chi connectivity index (χ3n) is 4.63. The zero-order valence-electron chi connectivity index (χ0n) is 16.0. The molecule has 8 heteroatoms. The summed E-state index contributed by atoms with van der Waals surface area (Å²) in [4.78, 5) is 22.4. The first-order chi connectivity index (χ1) is 13.7. The molecule has 0 bridgehead atoms. The van der Waals surface area contributed by atoms with Crippen LogP contribution >= 0.6 is 0 Å². The van der Waals surface area contributed by atoms with Crippen molar-refractivity contribution in [1.82, 2.24) is 19.9 Å². The highest BCUT2D eigenvalue weighted by atomic mass is 16.5. The summed E-state index contributed by atoms with van der Waals surface area (Å²) in [5, 5.41) is 3.28. The second kappa shape index (κ2) is 8.08. The Bertz CT molecular complexity index is 910. The van der Waals surface area contributed by atoms with E-state index in [2.05, 4.69) is 30.1 Å². The van der Waals surface area contributed by atoms with E-state index in [0.717, 1.165) is 55.1 Å². The Morgan fingerprint density at radius 1 is 0.929 bits per heavy atom. The van der Waals surface area contributed by atoms with Gasteiger partial charge in [-0.15, -0.1) is 0 Å². The summed E-state index contributed by atoms with van der Waals surface area (Å²) in [5.74, 6) is 3.12. The van der Waals surface area contributed by atoms with Gasteiger partial charge in [-0.2, -0.15) is 4.98 Å². The summed E-state index contributed by atoms with van der Waals surface area (Å²) in [6, 6.07) is 11.6. The Morgan fingerprint density at radius 3 is 2.29 bits per heavy atom. The molecule has 4 rings (SSSR count). The average molecular weight is 377 g/mol. The van der Waals surface area contributed by atoms with Gasteiger partial charge in [0.15, 0.2) is 0 Å². The lowest BCUT2D eigenvalue weighted by atomic mass is 10.3. The highest BCUT2D eigenvalue weighted by molar-refractivity contribution is 5.57. The molecule has 1 fully saturated rings. The van der Waals surface area contributed by atoms with Gasteiger partial charge in [-0.05, 0) is 37.3 Å². The van der Waals surface area contributed by atoms with Gasteiger partial charge in [-0.3, -0.25) is 0 Å². The summed E-state index contributed by atoms with van der Waals surface area (Å²) < 4.78 is 5.20. The molecule has 1 aliphatic rings. The lowest BCUT2D eigenvalue weighted by Gasteiger charge is -2.35. The Labute approximate surface area is 164 Å². The van der Waals surface area contributed by atoms with Gasteiger partial charge in [-0.25, -0.2) is 15.0 Å². The van der Waals surface area contributed by atoms with E-state index in [1.165, 1.54) is 0 Å². The van der Waals surface area contributed by atoms with Crippen molar-refractivity contribution in [2.75, 3.05) is 48.4 Å². The SMILES string of the molecule is COc1ccc(Nc2nc(C)cc(N3CCN(c4ncccn4)CC3)n2)cc1. The Kier molecular flexibility index (Phi) is 5.18. The lowest BCUT2D eigenvalue weighted by molar-refractivity contribution is 0.415. The minimum Gasteiger partial charge on any atom is -0.497 e. The molecule has 0 atom stereocenters. The van der Waals surface area contributed by atoms with Gasteiger partial charge in [0.25, 0.3) is 0 Å². The highest BCUT2D eigenvalue weighted by Gasteiger charge is 2.20. The van der Waals surface area contributed by atoms with E-state index in [1.54, 1.807) is 19.5 Å². The summed E-state index contributed by atoms with van der Waals surface area (Å²) in [6.45, 7) is 5.41. The van der Waals surface area contributed by atoms with E-state index in [1.807, 2.05) is 43.3 Å². The maximum Gasteiger partial charge on any atom is 0.229 e. The number of piperazine rings is 1. The smallest absolute Gasteiger partial charge is 0.229 e. The number of aromatic nitrogens is 4. The number of benzene rings is 1. The Hall–Kier alpha value is -3.42. The lowest BCUT2D eigenvalue weighted by Crippen LogP contribution is -2.47. The van der Waals surface area contributed by atoms with Crippen molar-refractivity contribution in [3.8, 4) is 5.75 Å². The van der Waals surface area contributed by atoms with Crippen LogP contribution in [0.15, 0.2) is 48.8 Å². The summed E-state index contributed by atoms with van der Waals surface area (Å²) >= 11 is 0. The predicted molar refractivity (Wildman–Crippen MR) is 110 cm³/mol. The van der Waals surface area contributed by atoms with Gasteiger partial charge < -0.3 is 19.9 Å². The molecule has 1 aromatic carbocycles. The zero-order valence-corrected chi connectivity index (χ0v) is 16.0. The van der Waals surface area contributed by atoms with Crippen molar-refractivity contribution >= 4 is 23.4 Å². The van der Waals surface area contributed by atoms with Crippen LogP contribution in [-0.2, 0) is 0 Å². The monoisotopic (exact) mass is 377 g/mol. The third-order valence-corrected chi connectivity index (χ3v) is 4.63. The molecule has 144 valence electrons. The number of anilines is 4. The first-order valence-corrected chi connectivity index (χ1v) is 9.25. The maximum atomic E-state index is 5.20. The Balaban J connectivity index is 1.45. The van der Waals surface area contributed by atoms with Crippen LogP contribution in [0.25, 0.3) is 0 Å². The quantitative estimate of drug-likeness (QED) is 0.727. The van der Waals surface area contributed by atoms with Gasteiger partial charge in [0.2, 0.25) is 11.9 Å². The highest BCUT2D eigenvalue weighted by Crippen LogP contribution is 2.22. The first kappa shape index (κ1) is 18.0. The third kappa shape index (κ3) is 4.11.